The van der Waals surface area contributed by atoms with Crippen molar-refractivity contribution >= 4 is 21.8 Å². The number of anilines is 1. The second kappa shape index (κ2) is 9.78. The van der Waals surface area contributed by atoms with Gasteiger partial charge in [0.05, 0.1) is 18.6 Å². The number of amides is 1. The van der Waals surface area contributed by atoms with Crippen LogP contribution in [0.5, 0.6) is 0 Å². The smallest absolute Gasteiger partial charge is 0.407 e. The van der Waals surface area contributed by atoms with E-state index in [-0.39, 0.29) is 23.4 Å². The van der Waals surface area contributed by atoms with Crippen LogP contribution in [0, 0.1) is 5.82 Å². The van der Waals surface area contributed by atoms with Crippen LogP contribution in [0.15, 0.2) is 18.2 Å². The number of rotatable bonds is 5. The number of halogens is 1. The predicted octanol–water partition coefficient (Wildman–Crippen LogP) is 3.78. The number of hydrogen-bond acceptors (Lipinski definition) is 5. The molecular weight excluding hydrogens is 445 g/mol. The number of carbonyl (C=O) groups is 1. The van der Waals surface area contributed by atoms with Crippen molar-refractivity contribution in [1.29, 1.82) is 0 Å². The first-order chi connectivity index (χ1) is 15.7. The number of ether oxygens (including phenoxy) is 1. The number of alkyl carbamates (subject to hydrolysis) is 1. The Bertz CT molecular complexity index is 962. The first kappa shape index (κ1) is 24.3. The lowest BCUT2D eigenvalue weighted by atomic mass is 9.74. The second-order valence-electron chi connectivity index (χ2n) is 9.90. The van der Waals surface area contributed by atoms with E-state index in [9.17, 15) is 17.6 Å². The van der Waals surface area contributed by atoms with Crippen molar-refractivity contribution in [3.8, 4) is 0 Å². The largest absolute Gasteiger partial charge is 0.450 e. The molecule has 2 aliphatic heterocycles. The summed E-state index contributed by atoms with van der Waals surface area (Å²) in [5.74, 6) is -0.321. The van der Waals surface area contributed by atoms with Crippen molar-refractivity contribution in [3.63, 3.8) is 0 Å². The third-order valence-corrected chi connectivity index (χ3v) is 8.70. The molecule has 0 bridgehead atoms. The monoisotopic (exact) mass is 481 g/mol. The van der Waals surface area contributed by atoms with Crippen LogP contribution in [0.25, 0.3) is 0 Å². The minimum atomic E-state index is -3.42. The fraction of sp³-hybridized carbons (Fsp3) is 0.708. The topological polar surface area (TPSA) is 79.0 Å². The van der Waals surface area contributed by atoms with E-state index >= 15 is 0 Å². The van der Waals surface area contributed by atoms with E-state index < -0.39 is 10.0 Å². The molecule has 4 rings (SSSR count). The number of nitrogens with one attached hydrogen (secondary N) is 1. The van der Waals surface area contributed by atoms with E-state index in [1.54, 1.807) is 6.07 Å². The van der Waals surface area contributed by atoms with Gasteiger partial charge in [0, 0.05) is 24.0 Å². The van der Waals surface area contributed by atoms with Gasteiger partial charge in [-0.15, -0.1) is 0 Å². The van der Waals surface area contributed by atoms with Crippen molar-refractivity contribution in [3.05, 3.63) is 29.6 Å². The van der Waals surface area contributed by atoms with Gasteiger partial charge in [0.25, 0.3) is 0 Å². The number of hydrogen-bond donors (Lipinski definition) is 1. The highest BCUT2D eigenvalue weighted by Crippen LogP contribution is 2.48. The maximum absolute atomic E-state index is 14.1. The fourth-order valence-corrected chi connectivity index (χ4v) is 6.84. The molecule has 1 aromatic carbocycles. The Hall–Kier alpha value is -1.87. The van der Waals surface area contributed by atoms with Gasteiger partial charge in [0.2, 0.25) is 10.0 Å². The predicted molar refractivity (Wildman–Crippen MR) is 127 cm³/mol. The van der Waals surface area contributed by atoms with Crippen LogP contribution in [0.1, 0.15) is 63.9 Å². The van der Waals surface area contributed by atoms with E-state index in [4.69, 9.17) is 4.74 Å². The minimum absolute atomic E-state index is 0.111. The highest BCUT2D eigenvalue weighted by atomic mass is 32.2. The zero-order valence-corrected chi connectivity index (χ0v) is 20.5. The second-order valence-corrected chi connectivity index (χ2v) is 11.8. The van der Waals surface area contributed by atoms with Gasteiger partial charge in [-0.05, 0) is 75.4 Å². The lowest BCUT2D eigenvalue weighted by Crippen LogP contribution is -2.50. The summed E-state index contributed by atoms with van der Waals surface area (Å²) in [6.45, 7) is 4.47. The molecule has 33 heavy (non-hydrogen) atoms. The molecule has 1 aliphatic carbocycles. The van der Waals surface area contributed by atoms with Crippen LogP contribution in [0.3, 0.4) is 0 Å². The minimum Gasteiger partial charge on any atom is -0.450 e. The molecule has 9 heteroatoms. The Morgan fingerprint density at radius 3 is 2.67 bits per heavy atom. The molecule has 2 unspecified atom stereocenters. The summed E-state index contributed by atoms with van der Waals surface area (Å²) in [4.78, 5) is 14.6. The third-order valence-electron chi connectivity index (χ3n) is 7.57. The molecule has 0 aromatic heterocycles. The maximum Gasteiger partial charge on any atom is 0.407 e. The molecule has 1 saturated heterocycles. The normalized spacial score (nSPS) is 25.5. The van der Waals surface area contributed by atoms with Crippen LogP contribution in [-0.4, -0.2) is 64.0 Å². The van der Waals surface area contributed by atoms with E-state index in [1.165, 1.54) is 22.7 Å². The highest BCUT2D eigenvalue weighted by Gasteiger charge is 2.48. The van der Waals surface area contributed by atoms with Crippen molar-refractivity contribution in [2.75, 3.05) is 36.8 Å². The first-order valence-corrected chi connectivity index (χ1v) is 14.0. The van der Waals surface area contributed by atoms with Gasteiger partial charge >= 0.3 is 6.09 Å². The zero-order valence-electron chi connectivity index (χ0n) is 19.7. The molecule has 7 nitrogen and oxygen atoms in total. The number of likely N-dealkylation sites (tertiary alicyclic amines) is 1. The number of benzene rings is 1. The quantitative estimate of drug-likeness (QED) is 0.648. The zero-order chi connectivity index (χ0) is 23.6. The summed E-state index contributed by atoms with van der Waals surface area (Å²) in [5.41, 5.74) is 1.10. The standard InChI is InChI=1S/C24H36FN3O4S/c1-3-14-32-23(29)26-19-6-4-5-7-20(16-19)27-12-10-24(11-13-27)17-28(33(2,30)31)22-9-8-18(25)15-21(22)24/h8-9,15,19-20H,3-7,10-14,16-17H2,1-2H3,(H,26,29). The molecule has 1 saturated carbocycles. The summed E-state index contributed by atoms with van der Waals surface area (Å²) < 4.78 is 45.6. The molecule has 184 valence electrons. The van der Waals surface area contributed by atoms with Crippen molar-refractivity contribution in [2.45, 2.75) is 75.8 Å². The van der Waals surface area contributed by atoms with Gasteiger partial charge in [0.15, 0.2) is 0 Å². The summed E-state index contributed by atoms with van der Waals surface area (Å²) >= 11 is 0. The maximum atomic E-state index is 14.1. The van der Waals surface area contributed by atoms with Gasteiger partial charge in [-0.1, -0.05) is 19.8 Å². The third kappa shape index (κ3) is 5.29. The molecule has 1 aromatic rings. The first-order valence-electron chi connectivity index (χ1n) is 12.2. The number of piperidine rings is 1. The Labute approximate surface area is 196 Å². The molecular formula is C24H36FN3O4S. The van der Waals surface area contributed by atoms with Crippen LogP contribution >= 0.6 is 0 Å². The van der Waals surface area contributed by atoms with Crippen LogP contribution in [0.4, 0.5) is 14.9 Å². The molecule has 1 N–H and O–H groups in total. The number of nitrogens with zero attached hydrogens (tertiary/aromatic N) is 2. The lowest BCUT2D eigenvalue weighted by Gasteiger charge is -2.43. The van der Waals surface area contributed by atoms with Gasteiger partial charge in [-0.25, -0.2) is 17.6 Å². The van der Waals surface area contributed by atoms with Gasteiger partial charge in [0.1, 0.15) is 5.82 Å². The fourth-order valence-electron chi connectivity index (χ4n) is 5.84. The molecule has 2 fully saturated rings. The van der Waals surface area contributed by atoms with Crippen molar-refractivity contribution < 1.29 is 22.3 Å². The van der Waals surface area contributed by atoms with Crippen LogP contribution in [0.2, 0.25) is 0 Å². The van der Waals surface area contributed by atoms with Crippen LogP contribution in [-0.2, 0) is 20.2 Å². The van der Waals surface area contributed by atoms with E-state index in [0.717, 1.165) is 70.0 Å². The van der Waals surface area contributed by atoms with E-state index in [0.29, 0.717) is 24.9 Å². The van der Waals surface area contributed by atoms with E-state index in [2.05, 4.69) is 10.2 Å². The van der Waals surface area contributed by atoms with Gasteiger partial charge < -0.3 is 15.0 Å². The average molecular weight is 482 g/mol. The summed E-state index contributed by atoms with van der Waals surface area (Å²) in [5, 5.41) is 3.05. The van der Waals surface area contributed by atoms with E-state index in [1.807, 2.05) is 6.92 Å². The number of sulfonamides is 1. The van der Waals surface area contributed by atoms with Crippen molar-refractivity contribution in [2.24, 2.45) is 0 Å². The Morgan fingerprint density at radius 1 is 1.24 bits per heavy atom. The van der Waals surface area contributed by atoms with Gasteiger partial charge in [-0.2, -0.15) is 0 Å². The molecule has 1 amide bonds. The molecule has 1 spiro atoms. The summed E-state index contributed by atoms with van der Waals surface area (Å²) in [6, 6.07) is 4.96. The molecule has 0 radical (unpaired) electrons. The highest BCUT2D eigenvalue weighted by molar-refractivity contribution is 7.92. The molecule has 2 atom stereocenters. The SMILES string of the molecule is CCCOC(=O)NC1CCCCC(N2CCC3(CC2)CN(S(C)(=O)=O)c2ccc(F)cc23)C1. The lowest BCUT2D eigenvalue weighted by molar-refractivity contribution is 0.103. The van der Waals surface area contributed by atoms with Crippen LogP contribution < -0.4 is 9.62 Å². The number of fused-ring (bicyclic) bond motifs is 2. The average Bonchev–Trinajstić information content (AvgIpc) is 2.92. The van der Waals surface area contributed by atoms with Gasteiger partial charge in [-0.3, -0.25) is 4.31 Å². The Kier molecular flexibility index (Phi) is 7.19. The Morgan fingerprint density at radius 2 is 1.97 bits per heavy atom. The summed E-state index contributed by atoms with van der Waals surface area (Å²) in [7, 11) is -3.42. The molecule has 2 heterocycles. The molecule has 3 aliphatic rings. The summed E-state index contributed by atoms with van der Waals surface area (Å²) in [6.07, 6.45) is 8.46. The van der Waals surface area contributed by atoms with Crippen molar-refractivity contribution in [1.82, 2.24) is 10.2 Å². The number of carbonyl (C=O) groups excluding carboxylic acids is 1. The Balaban J connectivity index is 1.44.